The van der Waals surface area contributed by atoms with Crippen LogP contribution < -0.4 is 5.32 Å². The van der Waals surface area contributed by atoms with Gasteiger partial charge in [-0.05, 0) is 47.4 Å². The highest BCUT2D eigenvalue weighted by Crippen LogP contribution is 2.23. The van der Waals surface area contributed by atoms with E-state index in [4.69, 9.17) is 11.6 Å². The minimum absolute atomic E-state index is 0.0727. The molecule has 24 heavy (non-hydrogen) atoms. The fourth-order valence-corrected chi connectivity index (χ4v) is 3.02. The number of amides is 2. The average Bonchev–Trinajstić information content (AvgIpc) is 2.56. The third-order valence-electron chi connectivity index (χ3n) is 4.23. The van der Waals surface area contributed by atoms with E-state index in [1.54, 1.807) is 19.1 Å². The average molecular weight is 343 g/mol. The summed E-state index contributed by atoms with van der Waals surface area (Å²) < 4.78 is 0. The van der Waals surface area contributed by atoms with Gasteiger partial charge in [0.05, 0.1) is 6.42 Å². The molecule has 2 amide bonds. The summed E-state index contributed by atoms with van der Waals surface area (Å²) in [5.41, 5.74) is 4.01. The summed E-state index contributed by atoms with van der Waals surface area (Å²) in [6, 6.07) is 13.2. The number of carbonyl (C=O) groups is 2. The Morgan fingerprint density at radius 2 is 1.88 bits per heavy atom. The molecule has 0 saturated carbocycles. The Morgan fingerprint density at radius 1 is 1.12 bits per heavy atom. The SMILES string of the molecule is CC(=O)N1CCc2ccc(NC(=O)Cc3ccc(Cl)cc3)cc2C1. The maximum atomic E-state index is 12.2. The Hall–Kier alpha value is -2.33. The molecule has 1 heterocycles. The van der Waals surface area contributed by atoms with Crippen molar-refractivity contribution in [2.75, 3.05) is 11.9 Å². The third kappa shape index (κ3) is 3.95. The maximum absolute atomic E-state index is 12.2. The highest BCUT2D eigenvalue weighted by Gasteiger charge is 2.18. The van der Waals surface area contributed by atoms with Gasteiger partial charge in [-0.3, -0.25) is 9.59 Å². The molecule has 124 valence electrons. The van der Waals surface area contributed by atoms with E-state index < -0.39 is 0 Å². The third-order valence-corrected chi connectivity index (χ3v) is 4.48. The van der Waals surface area contributed by atoms with Crippen LogP contribution in [0.25, 0.3) is 0 Å². The molecule has 2 aromatic rings. The zero-order chi connectivity index (χ0) is 17.1. The molecule has 0 aliphatic carbocycles. The minimum Gasteiger partial charge on any atom is -0.338 e. The minimum atomic E-state index is -0.0727. The smallest absolute Gasteiger partial charge is 0.228 e. The lowest BCUT2D eigenvalue weighted by molar-refractivity contribution is -0.129. The first-order chi connectivity index (χ1) is 11.5. The molecular formula is C19H19ClN2O2. The van der Waals surface area contributed by atoms with Crippen molar-refractivity contribution in [3.8, 4) is 0 Å². The molecule has 0 fully saturated rings. The van der Waals surface area contributed by atoms with Crippen LogP contribution in [0.2, 0.25) is 5.02 Å². The van der Waals surface area contributed by atoms with Crippen LogP contribution in [0, 0.1) is 0 Å². The summed E-state index contributed by atoms with van der Waals surface area (Å²) in [7, 11) is 0. The molecule has 0 aromatic heterocycles. The van der Waals surface area contributed by atoms with E-state index >= 15 is 0 Å². The molecule has 1 aliphatic heterocycles. The van der Waals surface area contributed by atoms with Gasteiger partial charge in [-0.2, -0.15) is 0 Å². The number of anilines is 1. The first-order valence-corrected chi connectivity index (χ1v) is 8.30. The Morgan fingerprint density at radius 3 is 2.58 bits per heavy atom. The zero-order valence-corrected chi connectivity index (χ0v) is 14.3. The van der Waals surface area contributed by atoms with Crippen LogP contribution in [-0.2, 0) is 29.0 Å². The van der Waals surface area contributed by atoms with Gasteiger partial charge in [0.2, 0.25) is 11.8 Å². The first kappa shape index (κ1) is 16.5. The standard InChI is InChI=1S/C19H19ClN2O2/c1-13(23)22-9-8-15-4-7-18(11-16(15)12-22)21-19(24)10-14-2-5-17(20)6-3-14/h2-7,11H,8-10,12H2,1H3,(H,21,24). The van der Waals surface area contributed by atoms with Crippen LogP contribution in [0.3, 0.4) is 0 Å². The van der Waals surface area contributed by atoms with Crippen molar-refractivity contribution in [2.24, 2.45) is 0 Å². The summed E-state index contributed by atoms with van der Waals surface area (Å²) in [5, 5.41) is 3.58. The van der Waals surface area contributed by atoms with Crippen molar-refractivity contribution < 1.29 is 9.59 Å². The van der Waals surface area contributed by atoms with E-state index in [2.05, 4.69) is 5.32 Å². The number of carbonyl (C=O) groups excluding carboxylic acids is 2. The normalized spacial score (nSPS) is 13.3. The van der Waals surface area contributed by atoms with Crippen LogP contribution in [0.15, 0.2) is 42.5 Å². The van der Waals surface area contributed by atoms with E-state index in [9.17, 15) is 9.59 Å². The topological polar surface area (TPSA) is 49.4 Å². The van der Waals surface area contributed by atoms with E-state index in [-0.39, 0.29) is 11.8 Å². The van der Waals surface area contributed by atoms with Crippen LogP contribution in [0.1, 0.15) is 23.6 Å². The van der Waals surface area contributed by atoms with Gasteiger partial charge in [0.25, 0.3) is 0 Å². The molecule has 0 radical (unpaired) electrons. The van der Waals surface area contributed by atoms with Crippen molar-refractivity contribution >= 4 is 29.1 Å². The van der Waals surface area contributed by atoms with E-state index in [1.165, 1.54) is 5.56 Å². The Balaban J connectivity index is 1.67. The number of benzene rings is 2. The van der Waals surface area contributed by atoms with Crippen LogP contribution in [0.4, 0.5) is 5.69 Å². The van der Waals surface area contributed by atoms with Crippen LogP contribution in [-0.4, -0.2) is 23.3 Å². The lowest BCUT2D eigenvalue weighted by Crippen LogP contribution is -2.34. The van der Waals surface area contributed by atoms with E-state index in [1.807, 2.05) is 35.2 Å². The molecule has 5 heteroatoms. The number of nitrogens with one attached hydrogen (secondary N) is 1. The first-order valence-electron chi connectivity index (χ1n) is 7.93. The van der Waals surface area contributed by atoms with Crippen LogP contribution >= 0.6 is 11.6 Å². The number of hydrogen-bond donors (Lipinski definition) is 1. The summed E-state index contributed by atoms with van der Waals surface area (Å²) in [6.45, 7) is 2.94. The molecular weight excluding hydrogens is 324 g/mol. The summed E-state index contributed by atoms with van der Waals surface area (Å²) in [4.78, 5) is 25.6. The molecule has 4 nitrogen and oxygen atoms in total. The largest absolute Gasteiger partial charge is 0.338 e. The predicted molar refractivity (Wildman–Crippen MR) is 95.0 cm³/mol. The lowest BCUT2D eigenvalue weighted by Gasteiger charge is -2.28. The molecule has 0 bridgehead atoms. The van der Waals surface area contributed by atoms with Crippen molar-refractivity contribution in [3.05, 3.63) is 64.2 Å². The van der Waals surface area contributed by atoms with Crippen LogP contribution in [0.5, 0.6) is 0 Å². The lowest BCUT2D eigenvalue weighted by atomic mass is 9.99. The predicted octanol–water partition coefficient (Wildman–Crippen LogP) is 3.43. The van der Waals surface area contributed by atoms with Gasteiger partial charge in [0, 0.05) is 30.7 Å². The highest BCUT2D eigenvalue weighted by molar-refractivity contribution is 6.30. The van der Waals surface area contributed by atoms with Gasteiger partial charge in [-0.15, -0.1) is 0 Å². The quantitative estimate of drug-likeness (QED) is 0.929. The van der Waals surface area contributed by atoms with Crippen molar-refractivity contribution in [2.45, 2.75) is 26.3 Å². The zero-order valence-electron chi connectivity index (χ0n) is 13.5. The van der Waals surface area contributed by atoms with Gasteiger partial charge in [0.1, 0.15) is 0 Å². The second kappa shape index (κ2) is 7.05. The Bertz CT molecular complexity index is 771. The summed E-state index contributed by atoms with van der Waals surface area (Å²) in [5.74, 6) is 0.00864. The maximum Gasteiger partial charge on any atom is 0.228 e. The number of hydrogen-bond acceptors (Lipinski definition) is 2. The molecule has 0 saturated heterocycles. The highest BCUT2D eigenvalue weighted by atomic mass is 35.5. The van der Waals surface area contributed by atoms with Gasteiger partial charge < -0.3 is 10.2 Å². The van der Waals surface area contributed by atoms with Crippen molar-refractivity contribution in [1.29, 1.82) is 0 Å². The fraction of sp³-hybridized carbons (Fsp3) is 0.263. The number of nitrogens with zero attached hydrogens (tertiary/aromatic N) is 1. The molecule has 0 unspecified atom stereocenters. The van der Waals surface area contributed by atoms with Gasteiger partial charge in [-0.25, -0.2) is 0 Å². The van der Waals surface area contributed by atoms with E-state index in [0.29, 0.717) is 18.0 Å². The summed E-state index contributed by atoms with van der Waals surface area (Å²) in [6.07, 6.45) is 1.15. The molecule has 0 atom stereocenters. The second-order valence-corrected chi connectivity index (χ2v) is 6.46. The number of rotatable bonds is 3. The van der Waals surface area contributed by atoms with Crippen molar-refractivity contribution in [3.63, 3.8) is 0 Å². The molecule has 3 rings (SSSR count). The van der Waals surface area contributed by atoms with Gasteiger partial charge in [0.15, 0.2) is 0 Å². The Kier molecular flexibility index (Phi) is 4.86. The number of halogens is 1. The molecule has 1 aliphatic rings. The summed E-state index contributed by atoms with van der Waals surface area (Å²) >= 11 is 5.85. The van der Waals surface area contributed by atoms with E-state index in [0.717, 1.165) is 29.8 Å². The second-order valence-electron chi connectivity index (χ2n) is 6.03. The molecule has 1 N–H and O–H groups in total. The van der Waals surface area contributed by atoms with Gasteiger partial charge >= 0.3 is 0 Å². The van der Waals surface area contributed by atoms with Crippen molar-refractivity contribution in [1.82, 2.24) is 4.90 Å². The van der Waals surface area contributed by atoms with Gasteiger partial charge in [-0.1, -0.05) is 29.8 Å². The monoisotopic (exact) mass is 342 g/mol. The fourth-order valence-electron chi connectivity index (χ4n) is 2.90. The molecule has 2 aromatic carbocycles. The molecule has 0 spiro atoms. The number of fused-ring (bicyclic) bond motifs is 1. The Labute approximate surface area is 146 Å².